The molecule has 4 N–H and O–H groups in total. The predicted octanol–water partition coefficient (Wildman–Crippen LogP) is 3.45. The van der Waals surface area contributed by atoms with Gasteiger partial charge in [0, 0.05) is 24.1 Å². The normalized spacial score (nSPS) is 10.2. The van der Waals surface area contributed by atoms with E-state index in [1.807, 2.05) is 70.3 Å². The molecule has 0 saturated heterocycles. The summed E-state index contributed by atoms with van der Waals surface area (Å²) in [5.74, 6) is -0.0566. The van der Waals surface area contributed by atoms with Crippen LogP contribution in [0.1, 0.15) is 26.3 Å². The van der Waals surface area contributed by atoms with Crippen LogP contribution in [0.15, 0.2) is 48.5 Å². The summed E-state index contributed by atoms with van der Waals surface area (Å²) < 4.78 is 4.55. The maximum atomic E-state index is 11.9. The van der Waals surface area contributed by atoms with Gasteiger partial charge in [0.15, 0.2) is 0 Å². The van der Waals surface area contributed by atoms with Crippen LogP contribution < -0.4 is 16.4 Å². The van der Waals surface area contributed by atoms with Crippen LogP contribution in [0, 0.1) is 0 Å². The van der Waals surface area contributed by atoms with Gasteiger partial charge >= 0.3 is 0 Å². The number of nitrogens with one attached hydrogen (secondary N) is 2. The van der Waals surface area contributed by atoms with E-state index in [1.165, 1.54) is 0 Å². The van der Waals surface area contributed by atoms with E-state index < -0.39 is 0 Å². The van der Waals surface area contributed by atoms with Crippen molar-refractivity contribution >= 4 is 29.4 Å². The Labute approximate surface area is 154 Å². The number of hydrogen-bond acceptors (Lipinski definition) is 5. The Morgan fingerprint density at radius 2 is 1.77 bits per heavy atom. The number of nitrogens with two attached hydrogens (primary N) is 1. The van der Waals surface area contributed by atoms with Gasteiger partial charge in [-0.3, -0.25) is 9.59 Å². The average molecular weight is 357 g/mol. The highest BCUT2D eigenvalue weighted by Gasteiger charge is 2.07. The van der Waals surface area contributed by atoms with Crippen molar-refractivity contribution in [1.82, 2.24) is 0 Å². The van der Waals surface area contributed by atoms with Gasteiger partial charge in [-0.1, -0.05) is 18.2 Å². The van der Waals surface area contributed by atoms with E-state index in [0.29, 0.717) is 18.6 Å². The third-order valence-corrected chi connectivity index (χ3v) is 3.15. The van der Waals surface area contributed by atoms with E-state index in [0.717, 1.165) is 16.9 Å². The zero-order valence-corrected chi connectivity index (χ0v) is 15.7. The third-order valence-electron chi connectivity index (χ3n) is 3.15. The van der Waals surface area contributed by atoms with Crippen LogP contribution in [0.3, 0.4) is 0 Å². The van der Waals surface area contributed by atoms with Gasteiger partial charge in [0.2, 0.25) is 5.91 Å². The van der Waals surface area contributed by atoms with Crippen LogP contribution in [-0.4, -0.2) is 25.0 Å². The summed E-state index contributed by atoms with van der Waals surface area (Å²) in [6, 6.07) is 14.9. The standard InChI is InChI=1S/C15H17N3O.C5H10O2/c1-17-13-6-3-7-14(10-13)18-15(19)9-11-4-2-5-12(16)8-11;1-5(2,3)7-4-6/h2-8,10,17H,9,16H2,1H3,(H,18,19);4H,1-3H3. The Morgan fingerprint density at radius 1 is 1.12 bits per heavy atom. The summed E-state index contributed by atoms with van der Waals surface area (Å²) in [6.45, 7) is 5.92. The third kappa shape index (κ3) is 8.73. The zero-order valence-electron chi connectivity index (χ0n) is 15.7. The molecule has 0 radical (unpaired) electrons. The molecule has 6 heteroatoms. The fourth-order valence-corrected chi connectivity index (χ4v) is 1.99. The van der Waals surface area contributed by atoms with Gasteiger partial charge in [0.25, 0.3) is 6.47 Å². The first-order chi connectivity index (χ1) is 12.2. The molecule has 0 bridgehead atoms. The topological polar surface area (TPSA) is 93.5 Å². The maximum Gasteiger partial charge on any atom is 0.293 e. The van der Waals surface area contributed by atoms with Gasteiger partial charge in [-0.2, -0.15) is 0 Å². The molecule has 0 unspecified atom stereocenters. The lowest BCUT2D eigenvalue weighted by molar-refractivity contribution is -0.138. The number of benzene rings is 2. The Balaban J connectivity index is 0.000000412. The minimum absolute atomic E-state index is 0.0566. The molecule has 1 amide bonds. The summed E-state index contributed by atoms with van der Waals surface area (Å²) in [5.41, 5.74) is 8.68. The first kappa shape index (κ1) is 21.0. The van der Waals surface area contributed by atoms with Crippen LogP contribution in [0.25, 0.3) is 0 Å². The Kier molecular flexibility index (Phi) is 8.15. The lowest BCUT2D eigenvalue weighted by Gasteiger charge is -2.14. The predicted molar refractivity (Wildman–Crippen MR) is 106 cm³/mol. The molecular formula is C20H27N3O3. The number of amides is 1. The van der Waals surface area contributed by atoms with Crippen molar-refractivity contribution in [2.75, 3.05) is 23.4 Å². The van der Waals surface area contributed by atoms with Crippen molar-refractivity contribution in [1.29, 1.82) is 0 Å². The first-order valence-corrected chi connectivity index (χ1v) is 8.27. The Hall–Kier alpha value is -3.02. The van der Waals surface area contributed by atoms with Gasteiger partial charge in [0.05, 0.1) is 6.42 Å². The number of carbonyl (C=O) groups excluding carboxylic acids is 2. The van der Waals surface area contributed by atoms with Crippen molar-refractivity contribution < 1.29 is 14.3 Å². The lowest BCUT2D eigenvalue weighted by atomic mass is 10.1. The van der Waals surface area contributed by atoms with Gasteiger partial charge in [0.1, 0.15) is 5.60 Å². The molecule has 26 heavy (non-hydrogen) atoms. The van der Waals surface area contributed by atoms with Crippen LogP contribution in [0.5, 0.6) is 0 Å². The van der Waals surface area contributed by atoms with Gasteiger partial charge in [-0.15, -0.1) is 0 Å². The van der Waals surface area contributed by atoms with E-state index in [-0.39, 0.29) is 11.5 Å². The van der Waals surface area contributed by atoms with Gasteiger partial charge < -0.3 is 21.1 Å². The summed E-state index contributed by atoms with van der Waals surface area (Å²) in [6.07, 6.45) is 0.314. The van der Waals surface area contributed by atoms with E-state index in [2.05, 4.69) is 15.4 Å². The van der Waals surface area contributed by atoms with Crippen LogP contribution in [-0.2, 0) is 20.7 Å². The van der Waals surface area contributed by atoms with Gasteiger partial charge in [-0.05, 0) is 56.7 Å². The minimum Gasteiger partial charge on any atom is -0.462 e. The van der Waals surface area contributed by atoms with E-state index in [4.69, 9.17) is 5.73 Å². The molecule has 2 aromatic rings. The number of hydrogen-bond donors (Lipinski definition) is 3. The molecule has 6 nitrogen and oxygen atoms in total. The molecule has 0 aliphatic heterocycles. The Bertz CT molecular complexity index is 724. The monoisotopic (exact) mass is 357 g/mol. The van der Waals surface area contributed by atoms with Crippen LogP contribution in [0.2, 0.25) is 0 Å². The van der Waals surface area contributed by atoms with Crippen molar-refractivity contribution in [2.24, 2.45) is 0 Å². The SMILES string of the molecule is CC(C)(C)OC=O.CNc1cccc(NC(=O)Cc2cccc(N)c2)c1. The Morgan fingerprint density at radius 3 is 2.31 bits per heavy atom. The highest BCUT2D eigenvalue weighted by molar-refractivity contribution is 5.92. The average Bonchev–Trinajstić information content (AvgIpc) is 2.54. The molecule has 0 spiro atoms. The molecule has 0 atom stereocenters. The van der Waals surface area contributed by atoms with E-state index in [1.54, 1.807) is 6.07 Å². The maximum absolute atomic E-state index is 11.9. The smallest absolute Gasteiger partial charge is 0.293 e. The highest BCUT2D eigenvalue weighted by Crippen LogP contribution is 2.15. The summed E-state index contributed by atoms with van der Waals surface area (Å²) in [7, 11) is 1.84. The van der Waals surface area contributed by atoms with Crippen molar-refractivity contribution in [3.8, 4) is 0 Å². The number of carbonyl (C=O) groups is 2. The zero-order chi connectivity index (χ0) is 19.6. The van der Waals surface area contributed by atoms with E-state index >= 15 is 0 Å². The first-order valence-electron chi connectivity index (χ1n) is 8.27. The largest absolute Gasteiger partial charge is 0.462 e. The van der Waals surface area contributed by atoms with Crippen molar-refractivity contribution in [3.05, 3.63) is 54.1 Å². The molecule has 0 aliphatic rings. The second-order valence-electron chi connectivity index (χ2n) is 6.63. The fraction of sp³-hybridized carbons (Fsp3) is 0.300. The molecule has 0 aromatic heterocycles. The highest BCUT2D eigenvalue weighted by atomic mass is 16.5. The molecule has 0 heterocycles. The van der Waals surface area contributed by atoms with Gasteiger partial charge in [-0.25, -0.2) is 0 Å². The molecule has 0 saturated carbocycles. The second kappa shape index (κ2) is 10.1. The number of nitrogen functional groups attached to an aromatic ring is 1. The second-order valence-corrected chi connectivity index (χ2v) is 6.63. The molecule has 0 aliphatic carbocycles. The van der Waals surface area contributed by atoms with Crippen molar-refractivity contribution in [3.63, 3.8) is 0 Å². The minimum atomic E-state index is -0.318. The quantitative estimate of drug-likeness (QED) is 0.563. The van der Waals surface area contributed by atoms with E-state index in [9.17, 15) is 9.59 Å². The van der Waals surface area contributed by atoms with Crippen LogP contribution in [0.4, 0.5) is 17.1 Å². The molecule has 2 rings (SSSR count). The summed E-state index contributed by atoms with van der Waals surface area (Å²) >= 11 is 0. The van der Waals surface area contributed by atoms with Crippen molar-refractivity contribution in [2.45, 2.75) is 32.8 Å². The summed E-state index contributed by atoms with van der Waals surface area (Å²) in [4.78, 5) is 21.5. The molecule has 0 fully saturated rings. The lowest BCUT2D eigenvalue weighted by Crippen LogP contribution is -2.17. The summed E-state index contributed by atoms with van der Waals surface area (Å²) in [5, 5.41) is 5.89. The number of rotatable bonds is 5. The molecule has 2 aromatic carbocycles. The fourth-order valence-electron chi connectivity index (χ4n) is 1.99. The number of ether oxygens (including phenoxy) is 1. The van der Waals surface area contributed by atoms with Crippen LogP contribution >= 0.6 is 0 Å². The molecule has 140 valence electrons. The number of anilines is 3. The molecular weight excluding hydrogens is 330 g/mol.